The monoisotopic (exact) mass is 374 g/mol. The van der Waals surface area contributed by atoms with Crippen LogP contribution in [0.4, 0.5) is 0 Å². The third-order valence-electron chi connectivity index (χ3n) is 4.72. The minimum absolute atomic E-state index is 0.00732. The van der Waals surface area contributed by atoms with E-state index in [2.05, 4.69) is 4.98 Å². The summed E-state index contributed by atoms with van der Waals surface area (Å²) < 4.78 is 17.1. The number of piperidine rings is 1. The average Bonchev–Trinajstić information content (AvgIpc) is 3.40. The summed E-state index contributed by atoms with van der Waals surface area (Å²) in [6.45, 7) is 2.33. The van der Waals surface area contributed by atoms with E-state index < -0.39 is 0 Å². The Morgan fingerprint density at radius 2 is 2.19 bits per heavy atom. The number of hydrogen-bond donors (Lipinski definition) is 0. The van der Waals surface area contributed by atoms with E-state index in [4.69, 9.17) is 14.2 Å². The van der Waals surface area contributed by atoms with E-state index in [0.29, 0.717) is 31.1 Å². The predicted octanol–water partition coefficient (Wildman–Crippen LogP) is 3.09. The smallest absolute Gasteiger partial charge is 0.254 e. The van der Waals surface area contributed by atoms with Gasteiger partial charge in [-0.3, -0.25) is 4.79 Å². The van der Waals surface area contributed by atoms with Gasteiger partial charge in [-0.2, -0.15) is 0 Å². The Balaban J connectivity index is 1.46. The van der Waals surface area contributed by atoms with Crippen molar-refractivity contribution in [1.29, 1.82) is 0 Å². The van der Waals surface area contributed by atoms with E-state index in [1.54, 1.807) is 11.6 Å². The lowest BCUT2D eigenvalue weighted by Gasteiger charge is -2.38. The Morgan fingerprint density at radius 1 is 1.31 bits per heavy atom. The number of thiazole rings is 1. The first kappa shape index (κ1) is 17.5. The highest BCUT2D eigenvalue weighted by Gasteiger charge is 2.36. The summed E-state index contributed by atoms with van der Waals surface area (Å²) in [6, 6.07) is 7.33. The third-order valence-corrected chi connectivity index (χ3v) is 5.36. The van der Waals surface area contributed by atoms with Gasteiger partial charge in [0.2, 0.25) is 0 Å². The average molecular weight is 374 g/mol. The molecular weight excluding hydrogens is 352 g/mol. The summed E-state index contributed by atoms with van der Waals surface area (Å²) in [6.07, 6.45) is 2.71. The van der Waals surface area contributed by atoms with Crippen LogP contribution in [0.2, 0.25) is 0 Å². The van der Waals surface area contributed by atoms with Gasteiger partial charge in [0.1, 0.15) is 12.4 Å². The van der Waals surface area contributed by atoms with Crippen LogP contribution in [-0.2, 0) is 16.1 Å². The van der Waals surface area contributed by atoms with Gasteiger partial charge < -0.3 is 19.1 Å². The van der Waals surface area contributed by atoms with Crippen molar-refractivity contribution in [1.82, 2.24) is 9.88 Å². The van der Waals surface area contributed by atoms with Crippen molar-refractivity contribution < 1.29 is 19.0 Å². The third kappa shape index (κ3) is 3.90. The number of carbonyl (C=O) groups excluding carboxylic acids is 1. The maximum Gasteiger partial charge on any atom is 0.254 e. The molecule has 26 heavy (non-hydrogen) atoms. The summed E-state index contributed by atoms with van der Waals surface area (Å²) in [5.41, 5.74) is 3.30. The molecule has 1 unspecified atom stereocenters. The van der Waals surface area contributed by atoms with Gasteiger partial charge in [-0.25, -0.2) is 4.98 Å². The van der Waals surface area contributed by atoms with Gasteiger partial charge in [-0.1, -0.05) is 6.07 Å². The Morgan fingerprint density at radius 3 is 3.00 bits per heavy atom. The summed E-state index contributed by atoms with van der Waals surface area (Å²) in [4.78, 5) is 19.2. The molecular formula is C19H22N2O4S. The van der Waals surface area contributed by atoms with Gasteiger partial charge in [0, 0.05) is 17.5 Å². The number of rotatable bonds is 5. The highest BCUT2D eigenvalue weighted by atomic mass is 32.1. The van der Waals surface area contributed by atoms with Crippen LogP contribution in [0.25, 0.3) is 0 Å². The minimum Gasteiger partial charge on any atom is -0.487 e. The standard InChI is InChI=1S/C19H22N2O4S/c22-18(21-7-2-1-6-17(21)19-23-8-9-24-19)14-4-3-5-16(10-14)25-11-15-12-26-13-20-15/h3-5,10,12-13,17,19H,1-2,6-9,11H2. The first-order valence-corrected chi connectivity index (χ1v) is 9.89. The molecule has 1 atom stereocenters. The fourth-order valence-corrected chi connectivity index (χ4v) is 3.99. The summed E-state index contributed by atoms with van der Waals surface area (Å²) in [5.74, 6) is 0.679. The number of hydrogen-bond acceptors (Lipinski definition) is 6. The van der Waals surface area contributed by atoms with E-state index in [1.807, 2.05) is 28.5 Å². The summed E-state index contributed by atoms with van der Waals surface area (Å²) >= 11 is 1.54. The minimum atomic E-state index is -0.302. The molecule has 0 saturated carbocycles. The van der Waals surface area contributed by atoms with Crippen molar-refractivity contribution in [2.24, 2.45) is 0 Å². The highest BCUT2D eigenvalue weighted by Crippen LogP contribution is 2.27. The number of likely N-dealkylation sites (tertiary alicyclic amines) is 1. The van der Waals surface area contributed by atoms with Gasteiger partial charge in [-0.15, -0.1) is 11.3 Å². The van der Waals surface area contributed by atoms with E-state index in [0.717, 1.165) is 31.5 Å². The number of aromatic nitrogens is 1. The van der Waals surface area contributed by atoms with Gasteiger partial charge in [-0.05, 0) is 37.5 Å². The molecule has 0 spiro atoms. The van der Waals surface area contributed by atoms with Gasteiger partial charge in [0.25, 0.3) is 5.91 Å². The van der Waals surface area contributed by atoms with Crippen LogP contribution in [-0.4, -0.2) is 47.9 Å². The zero-order valence-electron chi connectivity index (χ0n) is 14.5. The maximum atomic E-state index is 13.1. The molecule has 138 valence electrons. The SMILES string of the molecule is O=C(c1cccc(OCc2cscn2)c1)N1CCCCC1C1OCCO1. The van der Waals surface area contributed by atoms with Crippen LogP contribution in [0.5, 0.6) is 5.75 Å². The van der Waals surface area contributed by atoms with Crippen LogP contribution in [0.1, 0.15) is 35.3 Å². The van der Waals surface area contributed by atoms with Crippen LogP contribution >= 0.6 is 11.3 Å². The molecule has 6 nitrogen and oxygen atoms in total. The van der Waals surface area contributed by atoms with E-state index in [9.17, 15) is 4.79 Å². The Hall–Kier alpha value is -1.96. The van der Waals surface area contributed by atoms with Crippen LogP contribution in [0.3, 0.4) is 0 Å². The molecule has 2 aliphatic heterocycles. The first-order chi connectivity index (χ1) is 12.8. The van der Waals surface area contributed by atoms with Crippen LogP contribution < -0.4 is 4.74 Å². The molecule has 0 radical (unpaired) electrons. The Kier molecular flexibility index (Phi) is 5.48. The fraction of sp³-hybridized carbons (Fsp3) is 0.474. The zero-order chi connectivity index (χ0) is 17.8. The lowest BCUT2D eigenvalue weighted by molar-refractivity contribution is -0.100. The second-order valence-corrected chi connectivity index (χ2v) is 7.19. The molecule has 0 bridgehead atoms. The van der Waals surface area contributed by atoms with Crippen molar-refractivity contribution in [2.75, 3.05) is 19.8 Å². The summed E-state index contributed by atoms with van der Waals surface area (Å²) in [5, 5.41) is 1.95. The summed E-state index contributed by atoms with van der Waals surface area (Å²) in [7, 11) is 0. The highest BCUT2D eigenvalue weighted by molar-refractivity contribution is 7.07. The van der Waals surface area contributed by atoms with Crippen molar-refractivity contribution in [3.63, 3.8) is 0 Å². The topological polar surface area (TPSA) is 60.9 Å². The van der Waals surface area contributed by atoms with Gasteiger partial charge in [0.05, 0.1) is 30.5 Å². The normalized spacial score (nSPS) is 21.1. The second kappa shape index (κ2) is 8.16. The molecule has 2 aliphatic rings. The first-order valence-electron chi connectivity index (χ1n) is 8.95. The number of amides is 1. The zero-order valence-corrected chi connectivity index (χ0v) is 15.3. The van der Waals surface area contributed by atoms with E-state index in [-0.39, 0.29) is 18.2 Å². The number of carbonyl (C=O) groups is 1. The fourth-order valence-electron chi connectivity index (χ4n) is 3.44. The molecule has 3 heterocycles. The molecule has 2 aromatic rings. The lowest BCUT2D eigenvalue weighted by Crippen LogP contribution is -2.50. The van der Waals surface area contributed by atoms with Crippen molar-refractivity contribution >= 4 is 17.2 Å². The molecule has 0 N–H and O–H groups in total. The maximum absolute atomic E-state index is 13.1. The molecule has 1 aromatic carbocycles. The number of nitrogens with zero attached hydrogens (tertiary/aromatic N) is 2. The van der Waals surface area contributed by atoms with Crippen LogP contribution in [0, 0.1) is 0 Å². The Labute approximate surface area is 156 Å². The van der Waals surface area contributed by atoms with E-state index in [1.165, 1.54) is 11.3 Å². The van der Waals surface area contributed by atoms with Crippen molar-refractivity contribution in [2.45, 2.75) is 38.2 Å². The molecule has 1 amide bonds. The number of ether oxygens (including phenoxy) is 3. The van der Waals surface area contributed by atoms with Crippen molar-refractivity contribution in [3.05, 3.63) is 46.4 Å². The van der Waals surface area contributed by atoms with E-state index >= 15 is 0 Å². The Bertz CT molecular complexity index is 731. The molecule has 4 rings (SSSR count). The predicted molar refractivity (Wildman–Crippen MR) is 97.3 cm³/mol. The molecule has 2 saturated heterocycles. The molecule has 1 aromatic heterocycles. The molecule has 7 heteroatoms. The number of benzene rings is 1. The lowest BCUT2D eigenvalue weighted by atomic mass is 10.00. The molecule has 0 aliphatic carbocycles. The second-order valence-electron chi connectivity index (χ2n) is 6.47. The van der Waals surface area contributed by atoms with Crippen LogP contribution in [0.15, 0.2) is 35.2 Å². The molecule has 2 fully saturated rings. The van der Waals surface area contributed by atoms with Crippen molar-refractivity contribution in [3.8, 4) is 5.75 Å². The van der Waals surface area contributed by atoms with Gasteiger partial charge >= 0.3 is 0 Å². The quantitative estimate of drug-likeness (QED) is 0.805. The van der Waals surface area contributed by atoms with Gasteiger partial charge in [0.15, 0.2) is 6.29 Å². The largest absolute Gasteiger partial charge is 0.487 e.